The molecule has 1 unspecified atom stereocenters. The summed E-state index contributed by atoms with van der Waals surface area (Å²) in [7, 11) is 2.16. The van der Waals surface area contributed by atoms with Crippen LogP contribution in [0.1, 0.15) is 18.5 Å². The maximum atomic E-state index is 5.72. The molecule has 0 aromatic carbocycles. The van der Waals surface area contributed by atoms with Crippen LogP contribution in [0.4, 0.5) is 11.5 Å². The summed E-state index contributed by atoms with van der Waals surface area (Å²) in [6, 6.07) is 1.84. The van der Waals surface area contributed by atoms with Gasteiger partial charge in [-0.05, 0) is 44.8 Å². The molecule has 88 valence electrons. The molecule has 1 aliphatic rings. The van der Waals surface area contributed by atoms with Gasteiger partial charge in [-0.2, -0.15) is 5.10 Å². The lowest BCUT2D eigenvalue weighted by Crippen LogP contribution is -2.33. The van der Waals surface area contributed by atoms with E-state index < -0.39 is 0 Å². The van der Waals surface area contributed by atoms with Crippen molar-refractivity contribution in [3.63, 3.8) is 0 Å². The standard InChI is InChI=1S/C11H19N5/c1-16-4-2-3-8(7-16)5-9-6-10(12)11(13)15-14-9/h6,8H,2-5,7H2,1H3,(H2,12,14)(H2,13,15). The molecule has 1 aliphatic heterocycles. The van der Waals surface area contributed by atoms with Gasteiger partial charge in [-0.15, -0.1) is 5.10 Å². The first-order chi connectivity index (χ1) is 7.65. The number of likely N-dealkylation sites (tertiary alicyclic amines) is 1. The van der Waals surface area contributed by atoms with E-state index in [4.69, 9.17) is 11.5 Å². The van der Waals surface area contributed by atoms with Gasteiger partial charge in [0.2, 0.25) is 0 Å². The highest BCUT2D eigenvalue weighted by Crippen LogP contribution is 2.20. The van der Waals surface area contributed by atoms with E-state index in [1.54, 1.807) is 0 Å². The van der Waals surface area contributed by atoms with E-state index in [1.807, 2.05) is 6.07 Å². The summed E-state index contributed by atoms with van der Waals surface area (Å²) in [6.07, 6.45) is 3.47. The predicted octanol–water partition coefficient (Wildman–Crippen LogP) is 0.525. The summed E-state index contributed by atoms with van der Waals surface area (Å²) < 4.78 is 0. The molecule has 5 heteroatoms. The van der Waals surface area contributed by atoms with Crippen molar-refractivity contribution in [1.29, 1.82) is 0 Å². The fraction of sp³-hybridized carbons (Fsp3) is 0.636. The summed E-state index contributed by atoms with van der Waals surface area (Å²) >= 11 is 0. The maximum Gasteiger partial charge on any atom is 0.169 e. The van der Waals surface area contributed by atoms with Crippen LogP contribution in [-0.4, -0.2) is 35.2 Å². The lowest BCUT2D eigenvalue weighted by atomic mass is 9.93. The van der Waals surface area contributed by atoms with E-state index in [0.29, 0.717) is 17.4 Å². The highest BCUT2D eigenvalue weighted by atomic mass is 15.1. The minimum Gasteiger partial charge on any atom is -0.396 e. The van der Waals surface area contributed by atoms with E-state index in [-0.39, 0.29) is 0 Å². The molecule has 1 fully saturated rings. The molecular formula is C11H19N5. The third kappa shape index (κ3) is 2.61. The Balaban J connectivity index is 2.00. The van der Waals surface area contributed by atoms with Gasteiger partial charge in [0.15, 0.2) is 5.82 Å². The summed E-state index contributed by atoms with van der Waals surface area (Å²) in [4.78, 5) is 2.36. The molecule has 2 rings (SSSR count). The van der Waals surface area contributed by atoms with Gasteiger partial charge < -0.3 is 16.4 Å². The molecule has 2 heterocycles. The molecule has 0 radical (unpaired) electrons. The van der Waals surface area contributed by atoms with Gasteiger partial charge in [0.05, 0.1) is 11.4 Å². The first-order valence-corrected chi connectivity index (χ1v) is 5.71. The Hall–Kier alpha value is -1.36. The van der Waals surface area contributed by atoms with Crippen molar-refractivity contribution in [2.24, 2.45) is 5.92 Å². The van der Waals surface area contributed by atoms with Crippen molar-refractivity contribution in [3.05, 3.63) is 11.8 Å². The zero-order valence-corrected chi connectivity index (χ0v) is 9.69. The Morgan fingerprint density at radius 2 is 2.25 bits per heavy atom. The molecule has 1 aromatic heterocycles. The number of hydrogen-bond acceptors (Lipinski definition) is 5. The van der Waals surface area contributed by atoms with Gasteiger partial charge >= 0.3 is 0 Å². The summed E-state index contributed by atoms with van der Waals surface area (Å²) in [6.45, 7) is 2.33. The molecule has 1 atom stereocenters. The minimum atomic E-state index is 0.324. The molecule has 0 amide bonds. The van der Waals surface area contributed by atoms with Gasteiger partial charge in [0, 0.05) is 6.54 Å². The van der Waals surface area contributed by atoms with Gasteiger partial charge in [-0.3, -0.25) is 0 Å². The normalized spacial score (nSPS) is 22.2. The number of nitrogen functional groups attached to an aromatic ring is 2. The highest BCUT2D eigenvalue weighted by molar-refractivity contribution is 5.57. The van der Waals surface area contributed by atoms with E-state index in [2.05, 4.69) is 22.1 Å². The van der Waals surface area contributed by atoms with Crippen molar-refractivity contribution in [2.45, 2.75) is 19.3 Å². The van der Waals surface area contributed by atoms with Gasteiger partial charge in [-0.1, -0.05) is 0 Å². The third-order valence-electron chi connectivity index (χ3n) is 3.12. The lowest BCUT2D eigenvalue weighted by molar-refractivity contribution is 0.208. The number of anilines is 2. The smallest absolute Gasteiger partial charge is 0.169 e. The third-order valence-corrected chi connectivity index (χ3v) is 3.12. The zero-order valence-electron chi connectivity index (χ0n) is 9.69. The van der Waals surface area contributed by atoms with Crippen LogP contribution in [0.15, 0.2) is 6.07 Å². The Morgan fingerprint density at radius 3 is 2.94 bits per heavy atom. The molecule has 0 bridgehead atoms. The van der Waals surface area contributed by atoms with Gasteiger partial charge in [0.1, 0.15) is 0 Å². The molecular weight excluding hydrogens is 202 g/mol. The van der Waals surface area contributed by atoms with Crippen LogP contribution in [0.25, 0.3) is 0 Å². The molecule has 1 aromatic rings. The average molecular weight is 221 g/mol. The molecule has 0 spiro atoms. The number of nitrogens with zero attached hydrogens (tertiary/aromatic N) is 3. The van der Waals surface area contributed by atoms with E-state index in [9.17, 15) is 0 Å². The summed E-state index contributed by atoms with van der Waals surface area (Å²) in [5, 5.41) is 7.94. The molecule has 0 saturated carbocycles. The quantitative estimate of drug-likeness (QED) is 0.761. The van der Waals surface area contributed by atoms with Crippen LogP contribution < -0.4 is 11.5 Å². The maximum absolute atomic E-state index is 5.72. The second-order valence-corrected chi connectivity index (χ2v) is 4.65. The van der Waals surface area contributed by atoms with Crippen molar-refractivity contribution in [3.8, 4) is 0 Å². The number of aromatic nitrogens is 2. The summed E-state index contributed by atoms with van der Waals surface area (Å²) in [5.41, 5.74) is 12.7. The van der Waals surface area contributed by atoms with E-state index >= 15 is 0 Å². The topological polar surface area (TPSA) is 81.1 Å². The van der Waals surface area contributed by atoms with Crippen LogP contribution in [0.3, 0.4) is 0 Å². The second kappa shape index (κ2) is 4.65. The fourth-order valence-corrected chi connectivity index (χ4v) is 2.29. The van der Waals surface area contributed by atoms with Crippen LogP contribution in [-0.2, 0) is 6.42 Å². The Bertz CT molecular complexity index is 365. The largest absolute Gasteiger partial charge is 0.396 e. The highest BCUT2D eigenvalue weighted by Gasteiger charge is 2.18. The van der Waals surface area contributed by atoms with E-state index in [0.717, 1.165) is 18.7 Å². The van der Waals surface area contributed by atoms with Crippen LogP contribution in [0.5, 0.6) is 0 Å². The van der Waals surface area contributed by atoms with Crippen LogP contribution >= 0.6 is 0 Å². The molecule has 5 nitrogen and oxygen atoms in total. The van der Waals surface area contributed by atoms with Crippen LogP contribution in [0.2, 0.25) is 0 Å². The second-order valence-electron chi connectivity index (χ2n) is 4.65. The average Bonchev–Trinajstić information content (AvgIpc) is 2.24. The monoisotopic (exact) mass is 221 g/mol. The summed E-state index contributed by atoms with van der Waals surface area (Å²) in [5.74, 6) is 0.987. The lowest BCUT2D eigenvalue weighted by Gasteiger charge is -2.29. The minimum absolute atomic E-state index is 0.324. The van der Waals surface area contributed by atoms with Crippen molar-refractivity contribution >= 4 is 11.5 Å². The zero-order chi connectivity index (χ0) is 11.5. The molecule has 0 aliphatic carbocycles. The Kier molecular flexibility index (Phi) is 3.24. The Labute approximate surface area is 95.8 Å². The van der Waals surface area contributed by atoms with Crippen LogP contribution in [0, 0.1) is 5.92 Å². The first-order valence-electron chi connectivity index (χ1n) is 5.71. The van der Waals surface area contributed by atoms with Gasteiger partial charge in [-0.25, -0.2) is 0 Å². The SMILES string of the molecule is CN1CCCC(Cc2cc(N)c(N)nn2)C1. The Morgan fingerprint density at radius 1 is 1.44 bits per heavy atom. The number of nitrogens with two attached hydrogens (primary N) is 2. The number of hydrogen-bond donors (Lipinski definition) is 2. The number of rotatable bonds is 2. The van der Waals surface area contributed by atoms with Crippen molar-refractivity contribution < 1.29 is 0 Å². The van der Waals surface area contributed by atoms with Crippen molar-refractivity contribution in [1.82, 2.24) is 15.1 Å². The van der Waals surface area contributed by atoms with Crippen molar-refractivity contribution in [2.75, 3.05) is 31.6 Å². The molecule has 4 N–H and O–H groups in total. The predicted molar refractivity (Wildman–Crippen MR) is 64.8 cm³/mol. The first kappa shape index (κ1) is 11.1. The molecule has 16 heavy (non-hydrogen) atoms. The fourth-order valence-electron chi connectivity index (χ4n) is 2.29. The van der Waals surface area contributed by atoms with Gasteiger partial charge in [0.25, 0.3) is 0 Å². The van der Waals surface area contributed by atoms with E-state index in [1.165, 1.54) is 19.4 Å². The molecule has 1 saturated heterocycles. The number of piperidine rings is 1.